The normalized spacial score (nSPS) is 10.6. The number of pyridine rings is 1. The van der Waals surface area contributed by atoms with E-state index in [2.05, 4.69) is 4.98 Å². The molecular formula is C7H6B3NO2. The van der Waals surface area contributed by atoms with Crippen LogP contribution in [0.15, 0.2) is 18.4 Å². The molecule has 0 aliphatic heterocycles. The molecule has 0 spiro atoms. The standard InChI is InChI=1S/C7H6B3NO2/c8-2-1-5-6(9)3-11-4-7(5)10(12)13/h1-4,12-13H/b2-1-. The van der Waals surface area contributed by atoms with Gasteiger partial charge in [0.25, 0.3) is 0 Å². The lowest BCUT2D eigenvalue weighted by Gasteiger charge is -2.07. The summed E-state index contributed by atoms with van der Waals surface area (Å²) in [4.78, 5) is 3.73. The summed E-state index contributed by atoms with van der Waals surface area (Å²) in [7, 11) is 9.14. The molecule has 1 rings (SSSR count). The van der Waals surface area contributed by atoms with E-state index in [9.17, 15) is 0 Å². The van der Waals surface area contributed by atoms with E-state index in [0.29, 0.717) is 11.0 Å². The Bertz CT molecular complexity index is 328. The SMILES string of the molecule is [B]/C=C\c1c([B])cncc1B(O)O. The van der Waals surface area contributed by atoms with Gasteiger partial charge in [0.1, 0.15) is 15.7 Å². The maximum atomic E-state index is 8.94. The maximum absolute atomic E-state index is 8.94. The van der Waals surface area contributed by atoms with E-state index < -0.39 is 7.12 Å². The molecule has 3 nitrogen and oxygen atoms in total. The van der Waals surface area contributed by atoms with Gasteiger partial charge in [-0.15, -0.1) is 5.98 Å². The second-order valence-corrected chi connectivity index (χ2v) is 2.46. The predicted molar refractivity (Wildman–Crippen MR) is 54.2 cm³/mol. The molecular weight excluding hydrogens is 163 g/mol. The van der Waals surface area contributed by atoms with Crippen molar-refractivity contribution < 1.29 is 10.0 Å². The minimum absolute atomic E-state index is 0.238. The molecule has 0 amide bonds. The Morgan fingerprint density at radius 3 is 2.62 bits per heavy atom. The smallest absolute Gasteiger partial charge is 0.423 e. The molecule has 0 unspecified atom stereocenters. The Labute approximate surface area is 79.5 Å². The first-order valence-corrected chi connectivity index (χ1v) is 3.64. The largest absolute Gasteiger partial charge is 0.490 e. The second-order valence-electron chi connectivity index (χ2n) is 2.46. The minimum atomic E-state index is -1.60. The van der Waals surface area contributed by atoms with Crippen LogP contribution in [0.5, 0.6) is 0 Å². The van der Waals surface area contributed by atoms with Crippen LogP contribution >= 0.6 is 0 Å². The highest BCUT2D eigenvalue weighted by molar-refractivity contribution is 6.60. The summed E-state index contributed by atoms with van der Waals surface area (Å²) >= 11 is 0. The predicted octanol–water partition coefficient (Wildman–Crippen LogP) is -2.31. The molecule has 0 aromatic carbocycles. The van der Waals surface area contributed by atoms with Crippen molar-refractivity contribution in [3.05, 3.63) is 23.9 Å². The van der Waals surface area contributed by atoms with Crippen molar-refractivity contribution in [2.24, 2.45) is 0 Å². The average Bonchev–Trinajstić information content (AvgIpc) is 2.08. The fraction of sp³-hybridized carbons (Fsp3) is 0. The summed E-state index contributed by atoms with van der Waals surface area (Å²) in [5.41, 5.74) is 1.07. The fourth-order valence-corrected chi connectivity index (χ4v) is 0.998. The topological polar surface area (TPSA) is 53.4 Å². The molecule has 1 aromatic heterocycles. The first kappa shape index (κ1) is 10.1. The molecule has 60 valence electrons. The third-order valence-electron chi connectivity index (χ3n) is 1.59. The lowest BCUT2D eigenvalue weighted by molar-refractivity contribution is 0.425. The van der Waals surface area contributed by atoms with E-state index in [4.69, 9.17) is 25.7 Å². The van der Waals surface area contributed by atoms with Gasteiger partial charge in [-0.1, -0.05) is 11.5 Å². The summed E-state index contributed by atoms with van der Waals surface area (Å²) in [6.45, 7) is 0. The van der Waals surface area contributed by atoms with Crippen LogP contribution in [0.25, 0.3) is 6.08 Å². The molecule has 1 aromatic rings. The van der Waals surface area contributed by atoms with E-state index >= 15 is 0 Å². The van der Waals surface area contributed by atoms with Gasteiger partial charge in [-0.3, -0.25) is 4.98 Å². The first-order chi connectivity index (χ1) is 6.16. The molecule has 2 N–H and O–H groups in total. The number of nitrogens with zero attached hydrogens (tertiary/aromatic N) is 1. The summed E-state index contributed by atoms with van der Waals surface area (Å²) in [5.74, 6) is 1.28. The van der Waals surface area contributed by atoms with E-state index in [1.807, 2.05) is 0 Å². The molecule has 0 atom stereocenters. The molecule has 0 bridgehead atoms. The highest BCUT2D eigenvalue weighted by atomic mass is 16.4. The second kappa shape index (κ2) is 4.30. The van der Waals surface area contributed by atoms with Gasteiger partial charge in [0.2, 0.25) is 0 Å². The zero-order valence-corrected chi connectivity index (χ0v) is 6.88. The fourth-order valence-electron chi connectivity index (χ4n) is 0.998. The summed E-state index contributed by atoms with van der Waals surface area (Å²) in [6.07, 6.45) is 4.24. The van der Waals surface area contributed by atoms with Crippen LogP contribution in [0, 0.1) is 0 Å². The van der Waals surface area contributed by atoms with Crippen molar-refractivity contribution in [1.29, 1.82) is 0 Å². The van der Waals surface area contributed by atoms with Crippen LogP contribution in [0.3, 0.4) is 0 Å². The van der Waals surface area contributed by atoms with Gasteiger partial charge < -0.3 is 10.0 Å². The molecule has 0 fully saturated rings. The summed E-state index contributed by atoms with van der Waals surface area (Å²) < 4.78 is 0. The van der Waals surface area contributed by atoms with Crippen LogP contribution in [-0.2, 0) is 0 Å². The van der Waals surface area contributed by atoms with Crippen molar-refractivity contribution in [3.63, 3.8) is 0 Å². The highest BCUT2D eigenvalue weighted by Crippen LogP contribution is 1.93. The number of hydrogen-bond donors (Lipinski definition) is 2. The Balaban J connectivity index is 3.25. The lowest BCUT2D eigenvalue weighted by atomic mass is 9.74. The monoisotopic (exact) mass is 169 g/mol. The van der Waals surface area contributed by atoms with Crippen LogP contribution in [0.1, 0.15) is 5.56 Å². The van der Waals surface area contributed by atoms with E-state index in [1.54, 1.807) is 0 Å². The molecule has 0 aliphatic carbocycles. The van der Waals surface area contributed by atoms with Crippen molar-refractivity contribution in [3.8, 4) is 0 Å². The van der Waals surface area contributed by atoms with Gasteiger partial charge in [0.15, 0.2) is 0 Å². The molecule has 0 saturated carbocycles. The van der Waals surface area contributed by atoms with Gasteiger partial charge in [-0.05, 0) is 5.56 Å². The lowest BCUT2D eigenvalue weighted by Crippen LogP contribution is -2.36. The van der Waals surface area contributed by atoms with Gasteiger partial charge >= 0.3 is 7.12 Å². The summed E-state index contributed by atoms with van der Waals surface area (Å²) in [5, 5.41) is 17.9. The van der Waals surface area contributed by atoms with E-state index in [0.717, 1.165) is 0 Å². The first-order valence-electron chi connectivity index (χ1n) is 3.64. The maximum Gasteiger partial charge on any atom is 0.490 e. The molecule has 0 aliphatic rings. The summed E-state index contributed by atoms with van der Waals surface area (Å²) in [6, 6.07) is 0. The highest BCUT2D eigenvalue weighted by Gasteiger charge is 2.15. The van der Waals surface area contributed by atoms with Crippen LogP contribution in [0.4, 0.5) is 0 Å². The van der Waals surface area contributed by atoms with E-state index in [1.165, 1.54) is 24.4 Å². The average molecular weight is 169 g/mol. The molecule has 6 heteroatoms. The van der Waals surface area contributed by atoms with Crippen molar-refractivity contribution in [1.82, 2.24) is 4.98 Å². The Morgan fingerprint density at radius 2 is 2.08 bits per heavy atom. The quantitative estimate of drug-likeness (QED) is 0.488. The van der Waals surface area contributed by atoms with Gasteiger partial charge in [-0.25, -0.2) is 0 Å². The molecule has 1 heterocycles. The Morgan fingerprint density at radius 1 is 1.38 bits per heavy atom. The molecule has 0 saturated heterocycles. The third-order valence-corrected chi connectivity index (χ3v) is 1.59. The molecule has 4 radical (unpaired) electrons. The Kier molecular flexibility index (Phi) is 3.34. The van der Waals surface area contributed by atoms with Crippen molar-refractivity contribution in [2.75, 3.05) is 0 Å². The van der Waals surface area contributed by atoms with Crippen LogP contribution < -0.4 is 10.9 Å². The van der Waals surface area contributed by atoms with Gasteiger partial charge in [0, 0.05) is 17.9 Å². The van der Waals surface area contributed by atoms with E-state index in [-0.39, 0.29) is 5.46 Å². The Hall–Kier alpha value is -0.995. The van der Waals surface area contributed by atoms with Gasteiger partial charge in [0.05, 0.1) is 0 Å². The molecule has 13 heavy (non-hydrogen) atoms. The number of rotatable bonds is 2. The van der Waals surface area contributed by atoms with Crippen molar-refractivity contribution in [2.45, 2.75) is 0 Å². The minimum Gasteiger partial charge on any atom is -0.423 e. The number of hydrogen-bond acceptors (Lipinski definition) is 3. The number of aromatic nitrogens is 1. The van der Waals surface area contributed by atoms with Crippen LogP contribution in [0.2, 0.25) is 0 Å². The zero-order chi connectivity index (χ0) is 9.84. The van der Waals surface area contributed by atoms with Gasteiger partial charge in [-0.2, -0.15) is 0 Å². The zero-order valence-electron chi connectivity index (χ0n) is 6.88. The van der Waals surface area contributed by atoms with Crippen LogP contribution in [-0.4, -0.2) is 37.8 Å². The third kappa shape index (κ3) is 2.23. The van der Waals surface area contributed by atoms with Crippen molar-refractivity contribution >= 4 is 39.8 Å².